The summed E-state index contributed by atoms with van der Waals surface area (Å²) in [5.74, 6) is 0. The van der Waals surface area contributed by atoms with E-state index in [4.69, 9.17) is 4.74 Å². The molecular weight excluding hydrogens is 284 g/mol. The van der Waals surface area contributed by atoms with Crippen LogP contribution in [0.3, 0.4) is 0 Å². The van der Waals surface area contributed by atoms with Gasteiger partial charge in [-0.25, -0.2) is 0 Å². The Kier molecular flexibility index (Phi) is 5.81. The highest BCUT2D eigenvalue weighted by atomic mass is 16.5. The lowest BCUT2D eigenvalue weighted by Gasteiger charge is -2.41. The lowest BCUT2D eigenvalue weighted by Crippen LogP contribution is -2.54. The third-order valence-electron chi connectivity index (χ3n) is 4.53. The normalized spacial score (nSPS) is 19.8. The van der Waals surface area contributed by atoms with Crippen molar-refractivity contribution in [3.05, 3.63) is 71.8 Å². The maximum absolute atomic E-state index is 5.48. The molecule has 1 heterocycles. The molecule has 1 fully saturated rings. The summed E-state index contributed by atoms with van der Waals surface area (Å²) in [7, 11) is 1.80. The average Bonchev–Trinajstić information content (AvgIpc) is 2.59. The van der Waals surface area contributed by atoms with E-state index in [1.54, 1.807) is 7.11 Å². The summed E-state index contributed by atoms with van der Waals surface area (Å²) in [6.45, 7) is 6.10. The highest BCUT2D eigenvalue weighted by Gasteiger charge is 2.26. The van der Waals surface area contributed by atoms with E-state index in [9.17, 15) is 0 Å². The second kappa shape index (κ2) is 8.25. The van der Waals surface area contributed by atoms with Crippen LogP contribution in [0.25, 0.3) is 0 Å². The number of nitrogens with zero attached hydrogens (tertiary/aromatic N) is 2. The molecule has 122 valence electrons. The molecule has 0 bridgehead atoms. The van der Waals surface area contributed by atoms with Crippen molar-refractivity contribution in [2.24, 2.45) is 0 Å². The molecule has 1 saturated heterocycles. The minimum Gasteiger partial charge on any atom is -0.383 e. The summed E-state index contributed by atoms with van der Waals surface area (Å²) in [5, 5.41) is 0. The molecule has 1 unspecified atom stereocenters. The molecular formula is C20H26N2O. The summed E-state index contributed by atoms with van der Waals surface area (Å²) in [5.41, 5.74) is 2.77. The highest BCUT2D eigenvalue weighted by Crippen LogP contribution is 2.16. The molecule has 1 aliphatic rings. The summed E-state index contributed by atoms with van der Waals surface area (Å²) in [6, 6.07) is 21.9. The van der Waals surface area contributed by atoms with Crippen molar-refractivity contribution in [1.82, 2.24) is 9.80 Å². The molecule has 0 saturated carbocycles. The summed E-state index contributed by atoms with van der Waals surface area (Å²) in [4.78, 5) is 5.10. The number of hydrogen-bond acceptors (Lipinski definition) is 3. The minimum atomic E-state index is 0.456. The van der Waals surface area contributed by atoms with Crippen LogP contribution in [0.1, 0.15) is 11.1 Å². The highest BCUT2D eigenvalue weighted by molar-refractivity contribution is 5.16. The first-order valence-corrected chi connectivity index (χ1v) is 8.38. The number of piperazine rings is 1. The van der Waals surface area contributed by atoms with E-state index in [1.165, 1.54) is 11.1 Å². The first-order chi connectivity index (χ1) is 11.3. The van der Waals surface area contributed by atoms with Gasteiger partial charge < -0.3 is 4.74 Å². The van der Waals surface area contributed by atoms with Gasteiger partial charge in [-0.2, -0.15) is 0 Å². The molecule has 2 aromatic carbocycles. The van der Waals surface area contributed by atoms with Crippen molar-refractivity contribution in [3.8, 4) is 0 Å². The average molecular weight is 310 g/mol. The van der Waals surface area contributed by atoms with E-state index in [0.717, 1.165) is 39.3 Å². The van der Waals surface area contributed by atoms with Crippen LogP contribution in [0.5, 0.6) is 0 Å². The van der Waals surface area contributed by atoms with Crippen LogP contribution in [0.2, 0.25) is 0 Å². The zero-order valence-electron chi connectivity index (χ0n) is 13.9. The van der Waals surface area contributed by atoms with E-state index < -0.39 is 0 Å². The van der Waals surface area contributed by atoms with Crippen LogP contribution in [0, 0.1) is 0 Å². The molecule has 0 spiro atoms. The lowest BCUT2D eigenvalue weighted by atomic mass is 10.1. The smallest absolute Gasteiger partial charge is 0.0630 e. The van der Waals surface area contributed by atoms with Gasteiger partial charge >= 0.3 is 0 Å². The standard InChI is InChI=1S/C20H26N2O/c1-23-17-20-16-21(14-18-8-4-2-5-9-18)12-13-22(20)15-19-10-6-3-7-11-19/h2-11,20H,12-17H2,1H3. The molecule has 23 heavy (non-hydrogen) atoms. The number of methoxy groups -OCH3 is 1. The van der Waals surface area contributed by atoms with Gasteiger partial charge in [-0.05, 0) is 11.1 Å². The third-order valence-corrected chi connectivity index (χ3v) is 4.53. The molecule has 0 amide bonds. The Hall–Kier alpha value is -1.68. The lowest BCUT2D eigenvalue weighted by molar-refractivity contribution is 0.0178. The van der Waals surface area contributed by atoms with Crippen LogP contribution in [-0.4, -0.2) is 49.2 Å². The Balaban J connectivity index is 1.61. The molecule has 1 aliphatic heterocycles. The van der Waals surface area contributed by atoms with Crippen molar-refractivity contribution < 1.29 is 4.74 Å². The Bertz CT molecular complexity index is 573. The van der Waals surface area contributed by atoms with E-state index in [0.29, 0.717) is 6.04 Å². The zero-order chi connectivity index (χ0) is 15.9. The maximum atomic E-state index is 5.48. The van der Waals surface area contributed by atoms with Crippen LogP contribution >= 0.6 is 0 Å². The van der Waals surface area contributed by atoms with Crippen LogP contribution in [0.4, 0.5) is 0 Å². The quantitative estimate of drug-likeness (QED) is 0.816. The molecule has 0 aliphatic carbocycles. The van der Waals surface area contributed by atoms with Gasteiger partial charge in [0.2, 0.25) is 0 Å². The van der Waals surface area contributed by atoms with E-state index in [2.05, 4.69) is 70.5 Å². The Morgan fingerprint density at radius 3 is 2.09 bits per heavy atom. The van der Waals surface area contributed by atoms with Crippen molar-refractivity contribution in [3.63, 3.8) is 0 Å². The topological polar surface area (TPSA) is 15.7 Å². The molecule has 1 atom stereocenters. The largest absolute Gasteiger partial charge is 0.383 e. The number of hydrogen-bond donors (Lipinski definition) is 0. The first-order valence-electron chi connectivity index (χ1n) is 8.38. The number of benzene rings is 2. The second-order valence-corrected chi connectivity index (χ2v) is 6.29. The predicted octanol–water partition coefficient (Wildman–Crippen LogP) is 3.02. The fourth-order valence-corrected chi connectivity index (χ4v) is 3.32. The molecule has 3 nitrogen and oxygen atoms in total. The van der Waals surface area contributed by atoms with E-state index >= 15 is 0 Å². The van der Waals surface area contributed by atoms with Gasteiger partial charge in [-0.15, -0.1) is 0 Å². The minimum absolute atomic E-state index is 0.456. The van der Waals surface area contributed by atoms with E-state index in [1.807, 2.05) is 0 Å². The van der Waals surface area contributed by atoms with Crippen LogP contribution < -0.4 is 0 Å². The second-order valence-electron chi connectivity index (χ2n) is 6.29. The molecule has 0 N–H and O–H groups in total. The number of rotatable bonds is 6. The summed E-state index contributed by atoms with van der Waals surface area (Å²) in [6.07, 6.45) is 0. The Morgan fingerprint density at radius 1 is 0.870 bits per heavy atom. The van der Waals surface area contributed by atoms with Gasteiger partial charge in [0.1, 0.15) is 0 Å². The van der Waals surface area contributed by atoms with Gasteiger partial charge in [-0.1, -0.05) is 60.7 Å². The van der Waals surface area contributed by atoms with Crippen molar-refractivity contribution in [2.45, 2.75) is 19.1 Å². The number of ether oxygens (including phenoxy) is 1. The molecule has 3 rings (SSSR count). The predicted molar refractivity (Wildman–Crippen MR) is 94.2 cm³/mol. The molecule has 3 heteroatoms. The van der Waals surface area contributed by atoms with Crippen LogP contribution in [-0.2, 0) is 17.8 Å². The fraction of sp³-hybridized carbons (Fsp3) is 0.400. The van der Waals surface area contributed by atoms with Gasteiger partial charge in [0.15, 0.2) is 0 Å². The monoisotopic (exact) mass is 310 g/mol. The van der Waals surface area contributed by atoms with Gasteiger partial charge in [0.05, 0.1) is 6.61 Å². The third kappa shape index (κ3) is 4.64. The van der Waals surface area contributed by atoms with Crippen molar-refractivity contribution in [1.29, 1.82) is 0 Å². The van der Waals surface area contributed by atoms with Gasteiger partial charge in [0, 0.05) is 45.9 Å². The first kappa shape index (κ1) is 16.2. The maximum Gasteiger partial charge on any atom is 0.0630 e. The fourth-order valence-electron chi connectivity index (χ4n) is 3.32. The summed E-state index contributed by atoms with van der Waals surface area (Å²) >= 11 is 0. The SMILES string of the molecule is COCC1CN(Cc2ccccc2)CCN1Cc1ccccc1. The molecule has 0 radical (unpaired) electrons. The molecule has 2 aromatic rings. The van der Waals surface area contributed by atoms with Crippen LogP contribution in [0.15, 0.2) is 60.7 Å². The molecule has 0 aromatic heterocycles. The zero-order valence-corrected chi connectivity index (χ0v) is 13.9. The van der Waals surface area contributed by atoms with E-state index in [-0.39, 0.29) is 0 Å². The Labute approximate surface area is 139 Å². The summed E-state index contributed by atoms with van der Waals surface area (Å²) < 4.78 is 5.48. The van der Waals surface area contributed by atoms with Crippen molar-refractivity contribution in [2.75, 3.05) is 33.4 Å². The Morgan fingerprint density at radius 2 is 1.48 bits per heavy atom. The van der Waals surface area contributed by atoms with Crippen molar-refractivity contribution >= 4 is 0 Å². The van der Waals surface area contributed by atoms with Gasteiger partial charge in [0.25, 0.3) is 0 Å². The van der Waals surface area contributed by atoms with Gasteiger partial charge in [-0.3, -0.25) is 9.80 Å².